The average molecular weight is 300 g/mol. The van der Waals surface area contributed by atoms with E-state index < -0.39 is 0 Å². The van der Waals surface area contributed by atoms with Crippen molar-refractivity contribution >= 4 is 22.6 Å². The van der Waals surface area contributed by atoms with Gasteiger partial charge in [-0.3, -0.25) is 0 Å². The first-order valence-corrected chi connectivity index (χ1v) is 7.51. The standard InChI is InChI=1S/C17H18ClN3/c1-4-17(2,3)12-8-6-5-7-11(12)15-13(18)9-10-14-16(15)20-21-19-14/h5-10H,4H2,1-3H3,(H,19,20,21). The van der Waals surface area contributed by atoms with Crippen LogP contribution in [0.3, 0.4) is 0 Å². The number of H-pyrrole nitrogens is 1. The van der Waals surface area contributed by atoms with Gasteiger partial charge in [0.05, 0.1) is 5.02 Å². The van der Waals surface area contributed by atoms with Gasteiger partial charge < -0.3 is 0 Å². The van der Waals surface area contributed by atoms with Crippen molar-refractivity contribution in [2.45, 2.75) is 32.6 Å². The lowest BCUT2D eigenvalue weighted by Gasteiger charge is -2.26. The van der Waals surface area contributed by atoms with E-state index in [-0.39, 0.29) is 5.41 Å². The second-order valence-corrected chi connectivity index (χ2v) is 6.30. The summed E-state index contributed by atoms with van der Waals surface area (Å²) in [6, 6.07) is 12.2. The van der Waals surface area contributed by atoms with E-state index >= 15 is 0 Å². The number of fused-ring (bicyclic) bond motifs is 1. The summed E-state index contributed by atoms with van der Waals surface area (Å²) in [7, 11) is 0. The van der Waals surface area contributed by atoms with Gasteiger partial charge in [0.2, 0.25) is 0 Å². The maximum absolute atomic E-state index is 6.48. The molecule has 0 radical (unpaired) electrons. The van der Waals surface area contributed by atoms with Gasteiger partial charge in [0.1, 0.15) is 11.0 Å². The molecule has 21 heavy (non-hydrogen) atoms. The molecule has 3 rings (SSSR count). The normalized spacial score (nSPS) is 12.0. The van der Waals surface area contributed by atoms with Crippen LogP contribution >= 0.6 is 11.6 Å². The minimum Gasteiger partial charge on any atom is -0.197 e. The smallest absolute Gasteiger partial charge is 0.122 e. The molecule has 0 aliphatic heterocycles. The molecule has 0 amide bonds. The summed E-state index contributed by atoms with van der Waals surface area (Å²) in [5.74, 6) is 0. The van der Waals surface area contributed by atoms with Crippen LogP contribution in [-0.4, -0.2) is 15.4 Å². The molecule has 4 heteroatoms. The van der Waals surface area contributed by atoms with Gasteiger partial charge in [-0.1, -0.05) is 56.6 Å². The summed E-state index contributed by atoms with van der Waals surface area (Å²) >= 11 is 6.48. The molecule has 0 aliphatic carbocycles. The first-order chi connectivity index (χ1) is 10.0. The number of benzene rings is 2. The third-order valence-electron chi connectivity index (χ3n) is 4.25. The zero-order chi connectivity index (χ0) is 15.0. The molecule has 1 N–H and O–H groups in total. The lowest BCUT2D eigenvalue weighted by molar-refractivity contribution is 0.508. The maximum atomic E-state index is 6.48. The highest BCUT2D eigenvalue weighted by molar-refractivity contribution is 6.34. The third-order valence-corrected chi connectivity index (χ3v) is 4.56. The Morgan fingerprint density at radius 1 is 1.10 bits per heavy atom. The molecule has 0 atom stereocenters. The molecule has 1 aromatic heterocycles. The number of aromatic nitrogens is 3. The first kappa shape index (κ1) is 14.1. The van der Waals surface area contributed by atoms with Crippen LogP contribution in [-0.2, 0) is 5.41 Å². The van der Waals surface area contributed by atoms with Crippen molar-refractivity contribution in [1.82, 2.24) is 15.4 Å². The van der Waals surface area contributed by atoms with Crippen molar-refractivity contribution < 1.29 is 0 Å². The number of hydrogen-bond donors (Lipinski definition) is 1. The molecule has 0 aliphatic rings. The Labute approximate surface area is 129 Å². The van der Waals surface area contributed by atoms with E-state index in [1.165, 1.54) is 5.56 Å². The van der Waals surface area contributed by atoms with Gasteiger partial charge in [-0.25, -0.2) is 0 Å². The van der Waals surface area contributed by atoms with Crippen molar-refractivity contribution in [3.8, 4) is 11.1 Å². The third kappa shape index (κ3) is 2.32. The Balaban J connectivity index is 2.34. The topological polar surface area (TPSA) is 41.6 Å². The molecule has 0 fully saturated rings. The van der Waals surface area contributed by atoms with Crippen LogP contribution in [0.15, 0.2) is 36.4 Å². The Bertz CT molecular complexity index is 790. The molecule has 2 aromatic carbocycles. The fourth-order valence-corrected chi connectivity index (χ4v) is 2.88. The number of hydrogen-bond acceptors (Lipinski definition) is 2. The predicted molar refractivity (Wildman–Crippen MR) is 87.7 cm³/mol. The Hall–Kier alpha value is -1.87. The molecule has 0 spiro atoms. The molecule has 3 aromatic rings. The lowest BCUT2D eigenvalue weighted by atomic mass is 9.78. The molecule has 0 saturated carbocycles. The van der Waals surface area contributed by atoms with Gasteiger partial charge in [0, 0.05) is 5.56 Å². The van der Waals surface area contributed by atoms with Gasteiger partial charge in [-0.2, -0.15) is 15.4 Å². The highest BCUT2D eigenvalue weighted by atomic mass is 35.5. The van der Waals surface area contributed by atoms with E-state index in [0.29, 0.717) is 5.02 Å². The molecule has 0 bridgehead atoms. The van der Waals surface area contributed by atoms with Crippen molar-refractivity contribution in [1.29, 1.82) is 0 Å². The average Bonchev–Trinajstić information content (AvgIpc) is 2.95. The number of aromatic amines is 1. The predicted octanol–water partition coefficient (Wildman–Crippen LogP) is 4.97. The summed E-state index contributed by atoms with van der Waals surface area (Å²) in [6.45, 7) is 6.71. The highest BCUT2D eigenvalue weighted by Crippen LogP contribution is 2.40. The summed E-state index contributed by atoms with van der Waals surface area (Å²) in [6.07, 6.45) is 1.05. The molecule has 0 saturated heterocycles. The summed E-state index contributed by atoms with van der Waals surface area (Å²) in [4.78, 5) is 0. The van der Waals surface area contributed by atoms with E-state index in [9.17, 15) is 0 Å². The van der Waals surface area contributed by atoms with E-state index in [1.54, 1.807) is 0 Å². The van der Waals surface area contributed by atoms with Crippen LogP contribution in [0.25, 0.3) is 22.2 Å². The quantitative estimate of drug-likeness (QED) is 0.742. The minimum absolute atomic E-state index is 0.0752. The van der Waals surface area contributed by atoms with Crippen molar-refractivity contribution in [2.75, 3.05) is 0 Å². The fourth-order valence-electron chi connectivity index (χ4n) is 2.63. The van der Waals surface area contributed by atoms with Crippen LogP contribution in [0.4, 0.5) is 0 Å². The number of nitrogens with one attached hydrogen (secondary N) is 1. The number of nitrogens with zero attached hydrogens (tertiary/aromatic N) is 2. The second-order valence-electron chi connectivity index (χ2n) is 5.90. The van der Waals surface area contributed by atoms with Gasteiger partial charge in [-0.15, -0.1) is 0 Å². The van der Waals surface area contributed by atoms with Crippen LogP contribution in [0.1, 0.15) is 32.8 Å². The zero-order valence-corrected chi connectivity index (χ0v) is 13.2. The second kappa shape index (κ2) is 5.15. The molecular weight excluding hydrogens is 282 g/mol. The Morgan fingerprint density at radius 3 is 2.62 bits per heavy atom. The highest BCUT2D eigenvalue weighted by Gasteiger charge is 2.24. The summed E-state index contributed by atoms with van der Waals surface area (Å²) in [5, 5.41) is 11.8. The fraction of sp³-hybridized carbons (Fsp3) is 0.294. The molecule has 1 heterocycles. The van der Waals surface area contributed by atoms with E-state index in [1.807, 2.05) is 18.2 Å². The summed E-state index contributed by atoms with van der Waals surface area (Å²) < 4.78 is 0. The van der Waals surface area contributed by atoms with Crippen LogP contribution in [0, 0.1) is 0 Å². The van der Waals surface area contributed by atoms with E-state index in [0.717, 1.165) is 28.6 Å². The van der Waals surface area contributed by atoms with Crippen molar-refractivity contribution in [2.24, 2.45) is 0 Å². The number of halogens is 1. The summed E-state index contributed by atoms with van der Waals surface area (Å²) in [5.41, 5.74) is 5.10. The maximum Gasteiger partial charge on any atom is 0.122 e. The first-order valence-electron chi connectivity index (χ1n) is 7.13. The number of rotatable bonds is 3. The molecule has 3 nitrogen and oxygen atoms in total. The van der Waals surface area contributed by atoms with E-state index in [2.05, 4.69) is 54.4 Å². The van der Waals surface area contributed by atoms with E-state index in [4.69, 9.17) is 11.6 Å². The minimum atomic E-state index is 0.0752. The van der Waals surface area contributed by atoms with Gasteiger partial charge >= 0.3 is 0 Å². The van der Waals surface area contributed by atoms with Gasteiger partial charge in [-0.05, 0) is 35.1 Å². The van der Waals surface area contributed by atoms with Gasteiger partial charge in [0.15, 0.2) is 0 Å². The lowest BCUT2D eigenvalue weighted by Crippen LogP contribution is -2.16. The van der Waals surface area contributed by atoms with Gasteiger partial charge in [0.25, 0.3) is 0 Å². The monoisotopic (exact) mass is 299 g/mol. The SMILES string of the molecule is CCC(C)(C)c1ccccc1-c1c(Cl)ccc2n[nH]nc12. The molecular formula is C17H18ClN3. The Kier molecular flexibility index (Phi) is 3.46. The zero-order valence-electron chi connectivity index (χ0n) is 12.4. The van der Waals surface area contributed by atoms with Crippen LogP contribution in [0.5, 0.6) is 0 Å². The van der Waals surface area contributed by atoms with Crippen molar-refractivity contribution in [3.63, 3.8) is 0 Å². The largest absolute Gasteiger partial charge is 0.197 e. The van der Waals surface area contributed by atoms with Crippen LogP contribution in [0.2, 0.25) is 5.02 Å². The molecule has 0 unspecified atom stereocenters. The van der Waals surface area contributed by atoms with Crippen LogP contribution < -0.4 is 0 Å². The molecule has 108 valence electrons. The Morgan fingerprint density at radius 2 is 1.86 bits per heavy atom. The van der Waals surface area contributed by atoms with Crippen molar-refractivity contribution in [3.05, 3.63) is 47.0 Å².